The highest BCUT2D eigenvalue weighted by Crippen LogP contribution is 2.51. The van der Waals surface area contributed by atoms with Gasteiger partial charge in [0.25, 0.3) is 0 Å². The molecule has 21 heavy (non-hydrogen) atoms. The lowest BCUT2D eigenvalue weighted by Gasteiger charge is -2.21. The van der Waals surface area contributed by atoms with Crippen molar-refractivity contribution in [2.75, 3.05) is 51.5 Å². The fourth-order valence-corrected chi connectivity index (χ4v) is 3.48. The van der Waals surface area contributed by atoms with Gasteiger partial charge >= 0.3 is 5.97 Å². The minimum absolute atomic E-state index is 0.297. The Labute approximate surface area is 130 Å². The Morgan fingerprint density at radius 2 is 2.00 bits per heavy atom. The van der Waals surface area contributed by atoms with Gasteiger partial charge in [-0.25, -0.2) is 4.79 Å². The smallest absolute Gasteiger partial charge is 0.350 e. The number of nitrogens with two attached hydrogens (primary N) is 1. The number of thiophene rings is 1. The van der Waals surface area contributed by atoms with E-state index in [-0.39, 0.29) is 5.97 Å². The molecule has 2 N–H and O–H groups in total. The normalized spacial score (nSPS) is 14.5. The van der Waals surface area contributed by atoms with Crippen molar-refractivity contribution in [3.63, 3.8) is 0 Å². The van der Waals surface area contributed by atoms with E-state index in [4.69, 9.17) is 10.5 Å². The summed E-state index contributed by atoms with van der Waals surface area (Å²) in [6, 6.07) is 0. The molecular formula is C15H25N3O2S. The molecule has 5 nitrogen and oxygen atoms in total. The van der Waals surface area contributed by atoms with E-state index in [9.17, 15) is 4.79 Å². The molecular weight excluding hydrogens is 286 g/mol. The van der Waals surface area contributed by atoms with Gasteiger partial charge < -0.3 is 20.3 Å². The molecule has 0 atom stereocenters. The highest BCUT2D eigenvalue weighted by molar-refractivity contribution is 7.18. The average Bonchev–Trinajstić information content (AvgIpc) is 3.19. The van der Waals surface area contributed by atoms with Crippen LogP contribution >= 0.6 is 11.3 Å². The van der Waals surface area contributed by atoms with E-state index < -0.39 is 0 Å². The van der Waals surface area contributed by atoms with Crippen molar-refractivity contribution in [3.8, 4) is 0 Å². The zero-order chi connectivity index (χ0) is 15.6. The Kier molecular flexibility index (Phi) is 5.11. The van der Waals surface area contributed by atoms with E-state index in [2.05, 4.69) is 30.9 Å². The molecule has 1 aliphatic carbocycles. The number of nitrogen functional groups attached to an aromatic ring is 1. The molecule has 6 heteroatoms. The Morgan fingerprint density at radius 1 is 1.33 bits per heavy atom. The zero-order valence-corrected chi connectivity index (χ0v) is 14.1. The number of anilines is 2. The SMILES string of the molecule is CCOC(=O)c1sc(N(C)CCN(C)C)c(C2CC2)c1N. The zero-order valence-electron chi connectivity index (χ0n) is 13.3. The molecule has 0 amide bonds. The molecule has 118 valence electrons. The van der Waals surface area contributed by atoms with E-state index in [1.807, 2.05) is 6.92 Å². The third-order valence-electron chi connectivity index (χ3n) is 3.64. The Morgan fingerprint density at radius 3 is 2.52 bits per heavy atom. The van der Waals surface area contributed by atoms with E-state index >= 15 is 0 Å². The standard InChI is InChI=1S/C15H25N3O2S/c1-5-20-15(19)13-12(16)11(10-6-7-10)14(21-13)18(4)9-8-17(2)3/h10H,5-9,16H2,1-4H3. The lowest BCUT2D eigenvalue weighted by Crippen LogP contribution is -2.28. The van der Waals surface area contributed by atoms with Crippen LogP contribution in [0.4, 0.5) is 10.7 Å². The van der Waals surface area contributed by atoms with E-state index in [1.54, 1.807) is 0 Å². The first-order valence-electron chi connectivity index (χ1n) is 7.40. The maximum atomic E-state index is 12.0. The molecule has 0 aliphatic heterocycles. The number of hydrogen-bond acceptors (Lipinski definition) is 6. The van der Waals surface area contributed by atoms with Crippen molar-refractivity contribution in [1.82, 2.24) is 4.90 Å². The second-order valence-electron chi connectivity index (χ2n) is 5.78. The summed E-state index contributed by atoms with van der Waals surface area (Å²) in [6.45, 7) is 4.07. The molecule has 0 radical (unpaired) electrons. The lowest BCUT2D eigenvalue weighted by molar-refractivity contribution is 0.0533. The Hall–Kier alpha value is -1.27. The number of rotatable bonds is 7. The predicted molar refractivity (Wildman–Crippen MR) is 88.5 cm³/mol. The molecule has 0 saturated heterocycles. The third kappa shape index (κ3) is 3.68. The fourth-order valence-electron chi connectivity index (χ4n) is 2.29. The monoisotopic (exact) mass is 311 g/mol. The average molecular weight is 311 g/mol. The molecule has 0 spiro atoms. The molecule has 1 aromatic heterocycles. The minimum Gasteiger partial charge on any atom is -0.462 e. The van der Waals surface area contributed by atoms with Gasteiger partial charge in [0.2, 0.25) is 0 Å². The van der Waals surface area contributed by atoms with Gasteiger partial charge in [0.05, 0.1) is 17.3 Å². The number of ether oxygens (including phenoxy) is 1. The summed E-state index contributed by atoms with van der Waals surface area (Å²) in [5.74, 6) is 0.218. The molecule has 1 aliphatic rings. The van der Waals surface area contributed by atoms with Gasteiger partial charge in [-0.1, -0.05) is 0 Å². The topological polar surface area (TPSA) is 58.8 Å². The van der Waals surface area contributed by atoms with Crippen LogP contribution in [0.2, 0.25) is 0 Å². The van der Waals surface area contributed by atoms with E-state index in [0.29, 0.717) is 23.1 Å². The van der Waals surface area contributed by atoms with Gasteiger partial charge in [0.15, 0.2) is 0 Å². The van der Waals surface area contributed by atoms with Crippen molar-refractivity contribution >= 4 is 28.0 Å². The second kappa shape index (κ2) is 6.66. The number of esters is 1. The Balaban J connectivity index is 2.26. The minimum atomic E-state index is -0.297. The van der Waals surface area contributed by atoms with Crippen LogP contribution in [-0.2, 0) is 4.74 Å². The molecule has 2 rings (SSSR count). The highest BCUT2D eigenvalue weighted by Gasteiger charge is 2.34. The molecule has 1 fully saturated rings. The van der Waals surface area contributed by atoms with Crippen LogP contribution in [0.3, 0.4) is 0 Å². The van der Waals surface area contributed by atoms with Crippen LogP contribution in [0.1, 0.15) is 40.9 Å². The lowest BCUT2D eigenvalue weighted by atomic mass is 10.1. The molecule has 0 unspecified atom stereocenters. The van der Waals surface area contributed by atoms with Crippen LogP contribution in [0.25, 0.3) is 0 Å². The van der Waals surface area contributed by atoms with Gasteiger partial charge in [-0.15, -0.1) is 11.3 Å². The number of hydrogen-bond donors (Lipinski definition) is 1. The van der Waals surface area contributed by atoms with Crippen LogP contribution in [0.15, 0.2) is 0 Å². The second-order valence-corrected chi connectivity index (χ2v) is 6.78. The number of nitrogens with zero attached hydrogens (tertiary/aromatic N) is 2. The summed E-state index contributed by atoms with van der Waals surface area (Å²) >= 11 is 1.47. The largest absolute Gasteiger partial charge is 0.462 e. The quantitative estimate of drug-likeness (QED) is 0.784. The first-order chi connectivity index (χ1) is 9.95. The summed E-state index contributed by atoms with van der Waals surface area (Å²) in [4.78, 5) is 17.0. The summed E-state index contributed by atoms with van der Waals surface area (Å²) in [6.07, 6.45) is 2.33. The van der Waals surface area contributed by atoms with Crippen molar-refractivity contribution in [3.05, 3.63) is 10.4 Å². The van der Waals surface area contributed by atoms with Gasteiger partial charge in [0, 0.05) is 25.7 Å². The molecule has 0 bridgehead atoms. The van der Waals surface area contributed by atoms with E-state index in [0.717, 1.165) is 36.5 Å². The summed E-state index contributed by atoms with van der Waals surface area (Å²) < 4.78 is 5.12. The van der Waals surface area contributed by atoms with E-state index in [1.165, 1.54) is 11.3 Å². The van der Waals surface area contributed by atoms with Crippen molar-refractivity contribution in [2.45, 2.75) is 25.7 Å². The number of likely N-dealkylation sites (N-methyl/N-ethyl adjacent to an activating group) is 2. The van der Waals surface area contributed by atoms with Gasteiger partial charge in [0.1, 0.15) is 4.88 Å². The molecule has 1 saturated carbocycles. The van der Waals surface area contributed by atoms with Gasteiger partial charge in [-0.05, 0) is 39.8 Å². The highest BCUT2D eigenvalue weighted by atomic mass is 32.1. The maximum Gasteiger partial charge on any atom is 0.350 e. The van der Waals surface area contributed by atoms with Crippen LogP contribution in [-0.4, -0.2) is 51.7 Å². The van der Waals surface area contributed by atoms with Crippen LogP contribution in [0.5, 0.6) is 0 Å². The summed E-state index contributed by atoms with van der Waals surface area (Å²) in [5.41, 5.74) is 8.03. The first-order valence-corrected chi connectivity index (χ1v) is 8.22. The van der Waals surface area contributed by atoms with Crippen molar-refractivity contribution in [2.24, 2.45) is 0 Å². The number of carbonyl (C=O) groups is 1. The van der Waals surface area contributed by atoms with Crippen molar-refractivity contribution < 1.29 is 9.53 Å². The maximum absolute atomic E-state index is 12.0. The first kappa shape index (κ1) is 16.1. The number of carbonyl (C=O) groups excluding carboxylic acids is 1. The molecule has 1 aromatic rings. The molecule has 1 heterocycles. The van der Waals surface area contributed by atoms with Gasteiger partial charge in [-0.3, -0.25) is 0 Å². The molecule has 0 aromatic carbocycles. The summed E-state index contributed by atoms with van der Waals surface area (Å²) in [5, 5.41) is 1.12. The van der Waals surface area contributed by atoms with Crippen LogP contribution in [0, 0.1) is 0 Å². The predicted octanol–water partition coefficient (Wildman–Crippen LogP) is 2.38. The fraction of sp³-hybridized carbons (Fsp3) is 0.667. The third-order valence-corrected chi connectivity index (χ3v) is 4.96. The Bertz CT molecular complexity index is 509. The van der Waals surface area contributed by atoms with Gasteiger partial charge in [-0.2, -0.15) is 0 Å². The van der Waals surface area contributed by atoms with Crippen LogP contribution < -0.4 is 10.6 Å². The van der Waals surface area contributed by atoms with Crippen molar-refractivity contribution in [1.29, 1.82) is 0 Å². The summed E-state index contributed by atoms with van der Waals surface area (Å²) in [7, 11) is 6.18.